The van der Waals surface area contributed by atoms with Gasteiger partial charge in [0, 0.05) is 0 Å². The third-order valence-electron chi connectivity index (χ3n) is 6.86. The van der Waals surface area contributed by atoms with Gasteiger partial charge in [-0.2, -0.15) is 0 Å². The predicted molar refractivity (Wildman–Crippen MR) is 120 cm³/mol. The van der Waals surface area contributed by atoms with Crippen molar-refractivity contribution in [1.29, 1.82) is 0 Å². The average Bonchev–Trinajstić information content (AvgIpc) is 2.76. The van der Waals surface area contributed by atoms with Crippen LogP contribution in [0.2, 0.25) is 0 Å². The first-order valence-corrected chi connectivity index (χ1v) is 12.0. The Hall–Kier alpha value is -1.08. The number of nitrogens with zero attached hydrogens (tertiary/aromatic N) is 1. The van der Waals surface area contributed by atoms with Crippen LogP contribution in [0.15, 0.2) is 30.5 Å². The van der Waals surface area contributed by atoms with Gasteiger partial charge in [-0.25, -0.2) is 0 Å². The summed E-state index contributed by atoms with van der Waals surface area (Å²) >= 11 is 5.46. The van der Waals surface area contributed by atoms with Gasteiger partial charge in [0.05, 0.1) is 0 Å². The summed E-state index contributed by atoms with van der Waals surface area (Å²) in [5, 5.41) is 0. The number of rotatable bonds is 9. The van der Waals surface area contributed by atoms with Gasteiger partial charge >= 0.3 is 186 Å². The topological polar surface area (TPSA) is 12.5 Å². The van der Waals surface area contributed by atoms with Crippen LogP contribution in [0.4, 0.5) is 5.69 Å². The van der Waals surface area contributed by atoms with Crippen LogP contribution < -0.4 is 9.64 Å². The first-order valence-electron chi connectivity index (χ1n) is 11.5. The number of anilines is 1. The molecule has 0 N–H and O–H groups in total. The van der Waals surface area contributed by atoms with Crippen molar-refractivity contribution in [3.8, 4) is 5.75 Å². The van der Waals surface area contributed by atoms with Gasteiger partial charge < -0.3 is 0 Å². The van der Waals surface area contributed by atoms with Crippen molar-refractivity contribution < 1.29 is 19.8 Å². The molecule has 0 heterocycles. The van der Waals surface area contributed by atoms with Crippen LogP contribution >= 0.6 is 0 Å². The van der Waals surface area contributed by atoms with E-state index in [0.717, 1.165) is 41.7 Å². The third kappa shape index (κ3) is 6.20. The van der Waals surface area contributed by atoms with E-state index < -0.39 is 0 Å². The molecule has 164 valence electrons. The van der Waals surface area contributed by atoms with Gasteiger partial charge in [-0.05, 0) is 0 Å². The van der Waals surface area contributed by atoms with Gasteiger partial charge in [-0.3, -0.25) is 0 Å². The van der Waals surface area contributed by atoms with Gasteiger partial charge in [0.15, 0.2) is 0 Å². The van der Waals surface area contributed by atoms with Crippen molar-refractivity contribution in [2.24, 2.45) is 11.3 Å². The van der Waals surface area contributed by atoms with Crippen LogP contribution in [0.25, 0.3) is 0 Å². The zero-order valence-corrected chi connectivity index (χ0v) is 19.0. The normalized spacial score (nSPS) is 19.6. The quantitative estimate of drug-likeness (QED) is 0.233. The molecule has 0 bridgehead atoms. The number of allylic oxidation sites excluding steroid dienone is 1. The van der Waals surface area contributed by atoms with E-state index in [4.69, 9.17) is 19.8 Å². The maximum absolute atomic E-state index is 5.61. The number of unbranched alkanes of at least 4 members (excludes halogenated alkanes) is 2. The number of hydrogen-bond acceptors (Lipinski definition) is 2. The molecule has 3 rings (SSSR count). The van der Waals surface area contributed by atoms with E-state index in [1.54, 1.807) is 7.11 Å². The summed E-state index contributed by atoms with van der Waals surface area (Å²) in [5.41, 5.74) is 1.68. The number of hydrogen-bond donors (Lipinski definition) is 0. The molecule has 0 unspecified atom stereocenters. The van der Waals surface area contributed by atoms with E-state index in [1.165, 1.54) is 57.8 Å². The fraction of sp³-hybridized carbons (Fsp3) is 0.615. The minimum atomic E-state index is 0.549. The zero-order valence-electron chi connectivity index (χ0n) is 18.0. The van der Waals surface area contributed by atoms with Gasteiger partial charge in [0.2, 0.25) is 0 Å². The molecule has 1 aromatic carbocycles. The maximum atomic E-state index is 5.61. The average molecular weight is 438 g/mol. The summed E-state index contributed by atoms with van der Waals surface area (Å²) in [4.78, 5) is 2.15. The van der Waals surface area contributed by atoms with Crippen molar-refractivity contribution in [2.45, 2.75) is 83.5 Å². The molecule has 1 spiro atoms. The number of methoxy groups -OCH3 is 1. The van der Waals surface area contributed by atoms with Crippen LogP contribution in [0, 0.1) is 24.3 Å². The van der Waals surface area contributed by atoms with E-state index in [0.29, 0.717) is 11.3 Å². The van der Waals surface area contributed by atoms with Crippen LogP contribution in [0.1, 0.15) is 83.5 Å². The Morgan fingerprint density at radius 3 is 2.59 bits per heavy atom. The fourth-order valence-electron chi connectivity index (χ4n) is 5.02. The monoisotopic (exact) mass is 437 g/mol. The van der Waals surface area contributed by atoms with Crippen LogP contribution in [-0.2, 0) is 15.0 Å². The summed E-state index contributed by atoms with van der Waals surface area (Å²) in [6, 6.07) is 8.16. The number of benzene rings is 1. The van der Waals surface area contributed by atoms with E-state index in [-0.39, 0.29) is 0 Å². The molecule has 2 nitrogen and oxygen atoms in total. The molecular weight excluding hydrogens is 401 g/mol. The van der Waals surface area contributed by atoms with Gasteiger partial charge in [0.25, 0.3) is 0 Å². The second-order valence-electron chi connectivity index (χ2n) is 8.82. The second kappa shape index (κ2) is 11.4. The molecule has 3 heteroatoms. The number of ether oxygens (including phenoxy) is 1. The Morgan fingerprint density at radius 1 is 1.17 bits per heavy atom. The summed E-state index contributed by atoms with van der Waals surface area (Å²) in [6.07, 6.45) is 22.4. The van der Waals surface area contributed by atoms with Gasteiger partial charge in [-0.15, -0.1) is 0 Å². The van der Waals surface area contributed by atoms with Crippen molar-refractivity contribution in [1.82, 2.24) is 0 Å². The Balaban J connectivity index is 1.68. The molecule has 2 aliphatic rings. The zero-order chi connectivity index (χ0) is 20.5. The Bertz CT molecular complexity index is 667. The molecule has 2 aliphatic carbocycles. The van der Waals surface area contributed by atoms with Crippen molar-refractivity contribution in [3.05, 3.63) is 43.5 Å². The van der Waals surface area contributed by atoms with Crippen molar-refractivity contribution >= 4 is 10.3 Å². The van der Waals surface area contributed by atoms with Crippen LogP contribution in [0.5, 0.6) is 5.75 Å². The van der Waals surface area contributed by atoms with E-state index in [1.807, 2.05) is 12.1 Å². The first kappa shape index (κ1) is 22.6. The SMILES string of the molecule is [CH2-]CCCC[C](=[Ni])N(C=[C-]C1CCC2(CCCCC2)CC1)c1ccccc1OC. The third-order valence-corrected chi connectivity index (χ3v) is 7.34. The standard InChI is InChI=1S/C26H37NO.Ni/c1-3-4-5-11-21-27(24-12-7-8-13-25(24)28-2)22-16-23-14-19-26(20-15-23)17-9-6-10-18-26;/h7-8,12-13,22-23H,1,3-6,9-11,14-15,17-20H2,2H3;/q-2;. The first-order chi connectivity index (χ1) is 14.2. The molecule has 0 radical (unpaired) electrons. The molecule has 0 amide bonds. The van der Waals surface area contributed by atoms with Crippen molar-refractivity contribution in [2.75, 3.05) is 12.0 Å². The van der Waals surface area contributed by atoms with Crippen LogP contribution in [0.3, 0.4) is 0 Å². The fourth-order valence-corrected chi connectivity index (χ4v) is 5.38. The summed E-state index contributed by atoms with van der Waals surface area (Å²) < 4.78 is 6.60. The molecule has 0 atom stereocenters. The number of para-hydroxylation sites is 2. The molecule has 29 heavy (non-hydrogen) atoms. The summed E-state index contributed by atoms with van der Waals surface area (Å²) in [6.45, 7) is 3.95. The van der Waals surface area contributed by atoms with E-state index in [2.05, 4.69) is 36.2 Å². The van der Waals surface area contributed by atoms with Gasteiger partial charge in [0.1, 0.15) is 0 Å². The molecule has 2 fully saturated rings. The molecule has 2 saturated carbocycles. The summed E-state index contributed by atoms with van der Waals surface area (Å²) in [5.74, 6) is 1.41. The minimum absolute atomic E-state index is 0.549. The van der Waals surface area contributed by atoms with Gasteiger partial charge in [-0.1, -0.05) is 0 Å². The molecule has 0 aliphatic heterocycles. The Labute approximate surface area is 186 Å². The Morgan fingerprint density at radius 2 is 1.90 bits per heavy atom. The van der Waals surface area contributed by atoms with E-state index >= 15 is 0 Å². The molecule has 1 aromatic rings. The second-order valence-corrected chi connectivity index (χ2v) is 9.39. The molecule has 0 aromatic heterocycles. The van der Waals surface area contributed by atoms with E-state index in [9.17, 15) is 0 Å². The molecular formula is C26H37NNiO-2. The van der Waals surface area contributed by atoms with Crippen molar-refractivity contribution in [3.63, 3.8) is 0 Å². The summed E-state index contributed by atoms with van der Waals surface area (Å²) in [7, 11) is 1.73. The van der Waals surface area contributed by atoms with Crippen LogP contribution in [-0.4, -0.2) is 11.7 Å². The predicted octanol–water partition coefficient (Wildman–Crippen LogP) is 7.03. The molecule has 0 saturated heterocycles. The Kier molecular flexibility index (Phi) is 8.85.